The molecule has 0 saturated carbocycles. The second-order valence-corrected chi connectivity index (χ2v) is 9.33. The first-order valence-electron chi connectivity index (χ1n) is 9.61. The lowest BCUT2D eigenvalue weighted by molar-refractivity contribution is 0.0917. The van der Waals surface area contributed by atoms with E-state index in [1.807, 2.05) is 24.3 Å². The Labute approximate surface area is 177 Å². The third-order valence-electron chi connectivity index (χ3n) is 5.02. The highest BCUT2D eigenvalue weighted by Gasteiger charge is 2.27. The lowest BCUT2D eigenvalue weighted by Crippen LogP contribution is -2.37. The quantitative estimate of drug-likeness (QED) is 0.470. The van der Waals surface area contributed by atoms with Crippen molar-refractivity contribution in [1.82, 2.24) is 4.98 Å². The minimum atomic E-state index is -0.0399. The number of ether oxygens (including phenoxy) is 1. The van der Waals surface area contributed by atoms with Gasteiger partial charge in [-0.05, 0) is 48.6 Å². The summed E-state index contributed by atoms with van der Waals surface area (Å²) in [7, 11) is 0. The summed E-state index contributed by atoms with van der Waals surface area (Å²) in [6, 6.07) is 13.8. The van der Waals surface area contributed by atoms with E-state index in [2.05, 4.69) is 48.0 Å². The van der Waals surface area contributed by atoms with Gasteiger partial charge in [0.1, 0.15) is 0 Å². The van der Waals surface area contributed by atoms with Gasteiger partial charge in [0.25, 0.3) is 5.91 Å². The van der Waals surface area contributed by atoms with Crippen LogP contribution in [0.15, 0.2) is 46.9 Å². The summed E-state index contributed by atoms with van der Waals surface area (Å²) in [5.41, 5.74) is 2.86. The average molecular weight is 459 g/mol. The largest absolute Gasteiger partial charge is 0.376 e. The molecule has 0 spiro atoms. The van der Waals surface area contributed by atoms with Crippen molar-refractivity contribution in [2.75, 3.05) is 18.1 Å². The zero-order chi connectivity index (χ0) is 19.7. The van der Waals surface area contributed by atoms with E-state index in [1.165, 1.54) is 5.56 Å². The Morgan fingerprint density at radius 1 is 1.32 bits per heavy atom. The van der Waals surface area contributed by atoms with E-state index in [1.54, 1.807) is 16.2 Å². The third-order valence-corrected chi connectivity index (χ3v) is 6.56. The van der Waals surface area contributed by atoms with Gasteiger partial charge < -0.3 is 4.74 Å². The number of rotatable bonds is 5. The number of carbonyl (C=O) groups excluding carboxylic acids is 1. The van der Waals surface area contributed by atoms with Gasteiger partial charge in [-0.25, -0.2) is 4.98 Å². The standard InChI is InChI=1S/C22H23BrN2O2S/c1-14(2)18-9-4-10-19-20(18)24-22(28-19)25(13-17-8-5-11-27-17)21(26)15-6-3-7-16(23)12-15/h3-4,6-7,9-10,12,14,17H,5,8,11,13H2,1-2H3. The summed E-state index contributed by atoms with van der Waals surface area (Å²) in [5, 5.41) is 0.739. The molecule has 0 radical (unpaired) electrons. The maximum absolute atomic E-state index is 13.4. The topological polar surface area (TPSA) is 42.4 Å². The fraction of sp³-hybridized carbons (Fsp3) is 0.364. The number of carbonyl (C=O) groups is 1. The molecular weight excluding hydrogens is 436 g/mol. The van der Waals surface area contributed by atoms with E-state index >= 15 is 0 Å². The predicted octanol–water partition coefficient (Wildman–Crippen LogP) is 6.01. The van der Waals surface area contributed by atoms with E-state index in [4.69, 9.17) is 9.72 Å². The Morgan fingerprint density at radius 2 is 2.14 bits per heavy atom. The number of aromatic nitrogens is 1. The van der Waals surface area contributed by atoms with E-state index in [-0.39, 0.29) is 12.0 Å². The Morgan fingerprint density at radius 3 is 2.86 bits per heavy atom. The monoisotopic (exact) mass is 458 g/mol. The number of nitrogens with zero attached hydrogens (tertiary/aromatic N) is 2. The smallest absolute Gasteiger partial charge is 0.260 e. The molecule has 1 fully saturated rings. The summed E-state index contributed by atoms with van der Waals surface area (Å²) < 4.78 is 7.83. The molecule has 1 aliphatic heterocycles. The second-order valence-electron chi connectivity index (χ2n) is 7.41. The number of benzene rings is 2. The molecule has 1 aromatic heterocycles. The number of thiazole rings is 1. The van der Waals surface area contributed by atoms with Crippen LogP contribution in [0.3, 0.4) is 0 Å². The molecule has 1 aliphatic rings. The fourth-order valence-corrected chi connectivity index (χ4v) is 4.96. The molecule has 0 N–H and O–H groups in total. The first-order valence-corrected chi connectivity index (χ1v) is 11.2. The number of amides is 1. The molecule has 4 rings (SSSR count). The van der Waals surface area contributed by atoms with Crippen LogP contribution < -0.4 is 4.90 Å². The molecule has 28 heavy (non-hydrogen) atoms. The minimum absolute atomic E-state index is 0.0399. The van der Waals surface area contributed by atoms with Crippen molar-refractivity contribution < 1.29 is 9.53 Å². The second kappa shape index (κ2) is 8.31. The highest BCUT2D eigenvalue weighted by Crippen LogP contribution is 2.34. The van der Waals surface area contributed by atoms with E-state index < -0.39 is 0 Å². The number of anilines is 1. The zero-order valence-electron chi connectivity index (χ0n) is 16.0. The normalized spacial score (nSPS) is 16.8. The molecule has 6 heteroatoms. The lowest BCUT2D eigenvalue weighted by Gasteiger charge is -2.23. The Kier molecular flexibility index (Phi) is 5.80. The fourth-order valence-electron chi connectivity index (χ4n) is 3.56. The Bertz CT molecular complexity index is 995. The van der Waals surface area contributed by atoms with Crippen LogP contribution in [-0.2, 0) is 4.74 Å². The Balaban J connectivity index is 1.75. The van der Waals surface area contributed by atoms with E-state index in [0.29, 0.717) is 18.0 Å². The number of hydrogen-bond donors (Lipinski definition) is 0. The van der Waals surface area contributed by atoms with Gasteiger partial charge in [-0.15, -0.1) is 0 Å². The molecule has 4 nitrogen and oxygen atoms in total. The van der Waals surface area contributed by atoms with Gasteiger partial charge in [-0.1, -0.05) is 59.3 Å². The van der Waals surface area contributed by atoms with Crippen molar-refractivity contribution in [2.24, 2.45) is 0 Å². The molecule has 2 heterocycles. The number of para-hydroxylation sites is 1. The van der Waals surface area contributed by atoms with E-state index in [0.717, 1.165) is 39.3 Å². The molecule has 1 amide bonds. The first-order chi connectivity index (χ1) is 13.5. The number of fused-ring (bicyclic) bond motifs is 1. The van der Waals surface area contributed by atoms with Gasteiger partial charge in [-0.3, -0.25) is 9.69 Å². The molecule has 3 aromatic rings. The number of halogens is 1. The van der Waals surface area contributed by atoms with Crippen molar-refractivity contribution >= 4 is 48.5 Å². The molecule has 0 bridgehead atoms. The maximum atomic E-state index is 13.4. The molecule has 146 valence electrons. The minimum Gasteiger partial charge on any atom is -0.376 e. The van der Waals surface area contributed by atoms with Crippen LogP contribution in [0.5, 0.6) is 0 Å². The highest BCUT2D eigenvalue weighted by atomic mass is 79.9. The van der Waals surface area contributed by atoms with Crippen LogP contribution in [0.4, 0.5) is 5.13 Å². The van der Waals surface area contributed by atoms with Crippen LogP contribution in [0.25, 0.3) is 10.2 Å². The summed E-state index contributed by atoms with van der Waals surface area (Å²) in [6.45, 7) is 5.64. The highest BCUT2D eigenvalue weighted by molar-refractivity contribution is 9.10. The van der Waals surface area contributed by atoms with E-state index in [9.17, 15) is 4.79 Å². The lowest BCUT2D eigenvalue weighted by atomic mass is 10.0. The molecule has 1 atom stereocenters. The summed E-state index contributed by atoms with van der Waals surface area (Å²) in [4.78, 5) is 20.1. The summed E-state index contributed by atoms with van der Waals surface area (Å²) in [5.74, 6) is 0.341. The van der Waals surface area contributed by atoms with Crippen molar-refractivity contribution in [3.63, 3.8) is 0 Å². The van der Waals surface area contributed by atoms with Gasteiger partial charge in [0.15, 0.2) is 5.13 Å². The van der Waals surface area contributed by atoms with Crippen LogP contribution >= 0.6 is 27.3 Å². The van der Waals surface area contributed by atoms with Crippen LogP contribution in [-0.4, -0.2) is 30.1 Å². The van der Waals surface area contributed by atoms with Crippen LogP contribution in [0.1, 0.15) is 48.5 Å². The van der Waals surface area contributed by atoms with Gasteiger partial charge in [0, 0.05) is 16.6 Å². The van der Waals surface area contributed by atoms with Gasteiger partial charge in [0.05, 0.1) is 22.9 Å². The van der Waals surface area contributed by atoms with Crippen molar-refractivity contribution in [2.45, 2.75) is 38.7 Å². The molecule has 2 aromatic carbocycles. The third kappa shape index (κ3) is 4.00. The van der Waals surface area contributed by atoms with Crippen molar-refractivity contribution in [1.29, 1.82) is 0 Å². The molecule has 1 saturated heterocycles. The molecule has 0 aliphatic carbocycles. The molecular formula is C22H23BrN2O2S. The van der Waals surface area contributed by atoms with Crippen molar-refractivity contribution in [3.8, 4) is 0 Å². The zero-order valence-corrected chi connectivity index (χ0v) is 18.4. The predicted molar refractivity (Wildman–Crippen MR) is 119 cm³/mol. The SMILES string of the molecule is CC(C)c1cccc2sc(N(CC3CCCO3)C(=O)c3cccc(Br)c3)nc12. The first kappa shape index (κ1) is 19.6. The van der Waals surface area contributed by atoms with Crippen LogP contribution in [0.2, 0.25) is 0 Å². The average Bonchev–Trinajstić information content (AvgIpc) is 3.34. The van der Waals surface area contributed by atoms with Gasteiger partial charge in [-0.2, -0.15) is 0 Å². The van der Waals surface area contributed by atoms with Crippen molar-refractivity contribution in [3.05, 3.63) is 58.1 Å². The van der Waals surface area contributed by atoms with Crippen LogP contribution in [0, 0.1) is 0 Å². The summed E-state index contributed by atoms with van der Waals surface area (Å²) in [6.07, 6.45) is 2.08. The molecule has 1 unspecified atom stereocenters. The Hall–Kier alpha value is -1.76. The summed E-state index contributed by atoms with van der Waals surface area (Å²) >= 11 is 5.04. The van der Waals surface area contributed by atoms with Gasteiger partial charge in [0.2, 0.25) is 0 Å². The number of hydrogen-bond acceptors (Lipinski definition) is 4. The van der Waals surface area contributed by atoms with Gasteiger partial charge >= 0.3 is 0 Å². The maximum Gasteiger partial charge on any atom is 0.260 e.